The molecule has 1 saturated heterocycles. The number of ether oxygens (including phenoxy) is 1. The molecule has 2 saturated carbocycles. The number of fused-ring (bicyclic) bond motifs is 3. The normalized spacial score (nSPS) is 28.7. The number of hydrogen-bond acceptors (Lipinski definition) is 9. The number of carbonyl (C=O) groups is 4. The van der Waals surface area contributed by atoms with Crippen molar-refractivity contribution in [3.8, 4) is 5.88 Å². The van der Waals surface area contributed by atoms with Gasteiger partial charge < -0.3 is 25.4 Å². The number of para-hydroxylation sites is 2. The highest BCUT2D eigenvalue weighted by atomic mass is 35.5. The third kappa shape index (κ3) is 6.75. The van der Waals surface area contributed by atoms with E-state index in [1.165, 1.54) is 4.90 Å². The molecule has 0 spiro atoms. The molecule has 3 fully saturated rings. The second-order valence-electron chi connectivity index (χ2n) is 12.3. The lowest BCUT2D eigenvalue weighted by Crippen LogP contribution is -2.58. The number of carboxylic acid groups (broad SMARTS) is 1. The van der Waals surface area contributed by atoms with Crippen LogP contribution in [0.3, 0.4) is 0 Å². The summed E-state index contributed by atoms with van der Waals surface area (Å²) in [6.07, 6.45) is 5.58. The molecule has 0 unspecified atom stereocenters. The predicted molar refractivity (Wildman–Crippen MR) is 165 cm³/mol. The van der Waals surface area contributed by atoms with Crippen molar-refractivity contribution in [3.05, 3.63) is 41.6 Å². The van der Waals surface area contributed by atoms with Crippen LogP contribution in [0.15, 0.2) is 36.4 Å². The Bertz CT molecular complexity index is 1700. The fourth-order valence-electron chi connectivity index (χ4n) is 6.19. The summed E-state index contributed by atoms with van der Waals surface area (Å²) in [6.45, 7) is -0.0991. The molecule has 16 heteroatoms. The quantitative estimate of drug-likeness (QED) is 0.330. The minimum atomic E-state index is -3.89. The van der Waals surface area contributed by atoms with Crippen molar-refractivity contribution in [3.63, 3.8) is 0 Å². The van der Waals surface area contributed by atoms with Gasteiger partial charge in [0, 0.05) is 12.3 Å². The first kappa shape index (κ1) is 32.0. The van der Waals surface area contributed by atoms with Crippen LogP contribution in [0.5, 0.6) is 5.88 Å². The number of hydrogen-bond donors (Lipinski definition) is 4. The first-order chi connectivity index (χ1) is 22.0. The number of halogens is 1. The molecular weight excluding hydrogens is 640 g/mol. The minimum Gasteiger partial charge on any atom is -0.470 e. The van der Waals surface area contributed by atoms with Gasteiger partial charge in [-0.3, -0.25) is 19.1 Å². The van der Waals surface area contributed by atoms with Crippen LogP contribution in [0, 0.1) is 5.92 Å². The lowest BCUT2D eigenvalue weighted by atomic mass is 10.1. The van der Waals surface area contributed by atoms with Crippen LogP contribution in [0.4, 0.5) is 4.79 Å². The van der Waals surface area contributed by atoms with E-state index in [1.54, 1.807) is 24.3 Å². The van der Waals surface area contributed by atoms with Crippen molar-refractivity contribution >= 4 is 56.5 Å². The number of nitrogens with one attached hydrogen (secondary N) is 3. The summed E-state index contributed by atoms with van der Waals surface area (Å²) in [5, 5.41) is 13.9. The van der Waals surface area contributed by atoms with E-state index < -0.39 is 68.7 Å². The smallest absolute Gasteiger partial charge is 0.405 e. The van der Waals surface area contributed by atoms with Gasteiger partial charge in [0.1, 0.15) is 23.7 Å². The van der Waals surface area contributed by atoms with Gasteiger partial charge in [-0.2, -0.15) is 0 Å². The van der Waals surface area contributed by atoms with E-state index >= 15 is 0 Å². The largest absolute Gasteiger partial charge is 0.470 e. The predicted octanol–water partition coefficient (Wildman–Crippen LogP) is 2.27. The van der Waals surface area contributed by atoms with E-state index in [9.17, 15) is 32.7 Å². The molecule has 3 heterocycles. The number of nitrogens with zero attached hydrogens (tertiary/aromatic N) is 3. The number of aromatic nitrogens is 2. The van der Waals surface area contributed by atoms with E-state index in [4.69, 9.17) is 16.3 Å². The molecule has 14 nitrogen and oxygen atoms in total. The van der Waals surface area contributed by atoms with Crippen LogP contribution in [-0.4, -0.2) is 87.7 Å². The van der Waals surface area contributed by atoms with Crippen LogP contribution in [0.2, 0.25) is 5.15 Å². The zero-order chi connectivity index (χ0) is 32.6. The molecule has 4 N–H and O–H groups in total. The second-order valence-corrected chi connectivity index (χ2v) is 14.6. The van der Waals surface area contributed by atoms with E-state index in [2.05, 4.69) is 25.3 Å². The highest BCUT2D eigenvalue weighted by molar-refractivity contribution is 7.91. The molecule has 46 heavy (non-hydrogen) atoms. The van der Waals surface area contributed by atoms with Gasteiger partial charge in [0.25, 0.3) is 11.8 Å². The van der Waals surface area contributed by atoms with Gasteiger partial charge in [-0.15, -0.1) is 0 Å². The third-order valence-corrected chi connectivity index (χ3v) is 11.0. The molecule has 2 aliphatic carbocycles. The molecular formula is C30H35ClN6O8S. The highest BCUT2D eigenvalue weighted by Gasteiger charge is 2.62. The topological polar surface area (TPSA) is 197 Å². The summed E-state index contributed by atoms with van der Waals surface area (Å²) in [5.74, 6) is -2.55. The van der Waals surface area contributed by atoms with Crippen LogP contribution in [0.1, 0.15) is 57.8 Å². The Morgan fingerprint density at radius 2 is 1.83 bits per heavy atom. The Labute approximate surface area is 270 Å². The summed E-state index contributed by atoms with van der Waals surface area (Å²) >= 11 is 6.37. The van der Waals surface area contributed by atoms with Crippen molar-refractivity contribution < 1.29 is 37.4 Å². The second kappa shape index (κ2) is 12.7. The minimum absolute atomic E-state index is 0.00898. The van der Waals surface area contributed by atoms with Gasteiger partial charge in [-0.1, -0.05) is 48.7 Å². The van der Waals surface area contributed by atoms with Crippen molar-refractivity contribution in [1.82, 2.24) is 30.2 Å². The summed E-state index contributed by atoms with van der Waals surface area (Å²) < 4.78 is 33.6. The molecule has 4 amide bonds. The maximum Gasteiger partial charge on any atom is 0.405 e. The van der Waals surface area contributed by atoms with Crippen molar-refractivity contribution in [2.45, 2.75) is 86.8 Å². The molecule has 0 bridgehead atoms. The third-order valence-electron chi connectivity index (χ3n) is 8.92. The van der Waals surface area contributed by atoms with Gasteiger partial charge in [-0.25, -0.2) is 23.2 Å². The maximum absolute atomic E-state index is 14.0. The first-order valence-electron chi connectivity index (χ1n) is 15.4. The molecule has 246 valence electrons. The first-order valence-corrected chi connectivity index (χ1v) is 17.3. The van der Waals surface area contributed by atoms with Crippen LogP contribution < -0.4 is 20.1 Å². The average Bonchev–Trinajstić information content (AvgIpc) is 3.93. The lowest BCUT2D eigenvalue weighted by molar-refractivity contribution is -0.141. The fraction of sp³-hybridized carbons (Fsp3) is 0.533. The molecule has 0 radical (unpaired) electrons. The Kier molecular flexibility index (Phi) is 8.81. The van der Waals surface area contributed by atoms with Crippen LogP contribution in [0.25, 0.3) is 11.0 Å². The van der Waals surface area contributed by atoms with Crippen molar-refractivity contribution in [2.75, 3.05) is 6.54 Å². The number of rotatable bonds is 6. The number of amides is 4. The molecule has 1 aromatic heterocycles. The van der Waals surface area contributed by atoms with E-state index in [-0.39, 0.29) is 36.8 Å². The molecule has 1 aromatic carbocycles. The Balaban J connectivity index is 1.29. The van der Waals surface area contributed by atoms with Crippen LogP contribution in [-0.2, 0) is 24.4 Å². The van der Waals surface area contributed by atoms with Gasteiger partial charge >= 0.3 is 6.09 Å². The van der Waals surface area contributed by atoms with Crippen molar-refractivity contribution in [2.24, 2.45) is 5.92 Å². The Morgan fingerprint density at radius 1 is 1.09 bits per heavy atom. The number of sulfonamides is 1. The van der Waals surface area contributed by atoms with Gasteiger partial charge in [0.15, 0.2) is 5.15 Å². The van der Waals surface area contributed by atoms with E-state index in [1.807, 2.05) is 12.2 Å². The lowest BCUT2D eigenvalue weighted by Gasteiger charge is -2.29. The molecule has 5 atom stereocenters. The number of benzene rings is 1. The maximum atomic E-state index is 14.0. The average molecular weight is 675 g/mol. The zero-order valence-corrected chi connectivity index (χ0v) is 26.4. The van der Waals surface area contributed by atoms with Crippen molar-refractivity contribution in [1.29, 1.82) is 0 Å². The SMILES string of the molecule is O=C(O)N[C@H]1CCCCCC=C[C@@H]2C[C@@]2(C(=O)NS(=O)(=O)C2CC2)NC(=O)[C@@H]2C[C@@H](Oc3nc4ccccc4nc3Cl)CN2C1=O. The number of allylic oxidation sites excluding steroid dienone is 1. The summed E-state index contributed by atoms with van der Waals surface area (Å²) in [7, 11) is -3.89. The monoisotopic (exact) mass is 674 g/mol. The van der Waals surface area contributed by atoms with E-state index in [0.29, 0.717) is 36.7 Å². The molecule has 2 aliphatic heterocycles. The summed E-state index contributed by atoms with van der Waals surface area (Å²) in [6, 6.07) is 4.76. The molecule has 2 aromatic rings. The highest BCUT2D eigenvalue weighted by Crippen LogP contribution is 2.46. The Morgan fingerprint density at radius 3 is 2.54 bits per heavy atom. The van der Waals surface area contributed by atoms with E-state index in [0.717, 1.165) is 12.8 Å². The number of carbonyl (C=O) groups excluding carboxylic acids is 3. The van der Waals surface area contributed by atoms with Gasteiger partial charge in [-0.05, 0) is 50.7 Å². The van der Waals surface area contributed by atoms with Crippen LogP contribution >= 0.6 is 11.6 Å². The standard InChI is InChI=1S/C30H35ClN6O8S/c31-24-26(33-21-10-7-6-9-20(21)32-24)45-18-14-23-25(38)35-30(28(40)36-46(43,44)19-12-13-19)15-17(30)8-4-2-1-3-5-11-22(34-29(41)42)27(39)37(23)16-18/h4,6-10,17-19,22-23,34H,1-3,5,11-16H2,(H,35,38)(H,36,40)(H,41,42)/t17-,18-,22+,23+,30-/m1/s1. The molecule has 4 aliphatic rings. The summed E-state index contributed by atoms with van der Waals surface area (Å²) in [5.41, 5.74) is -0.442. The molecule has 6 rings (SSSR count). The Hall–Kier alpha value is -3.98. The fourth-order valence-corrected chi connectivity index (χ4v) is 7.73. The van der Waals surface area contributed by atoms with Gasteiger partial charge in [0.2, 0.25) is 21.8 Å². The van der Waals surface area contributed by atoms with Gasteiger partial charge in [0.05, 0.1) is 22.8 Å². The summed E-state index contributed by atoms with van der Waals surface area (Å²) in [4.78, 5) is 63.1. The zero-order valence-electron chi connectivity index (χ0n) is 24.9.